The zero-order valence-electron chi connectivity index (χ0n) is 20.1. The van der Waals surface area contributed by atoms with E-state index in [0.717, 1.165) is 31.2 Å². The Kier molecular flexibility index (Phi) is 8.97. The molecule has 0 atom stereocenters. The Morgan fingerprint density at radius 3 is 0.912 bits per heavy atom. The van der Waals surface area contributed by atoms with Gasteiger partial charge in [-0.15, -0.1) is 0 Å². The SMILES string of the molecule is COc1cc(Br)c(Cc2cc(OC)c(OC)cc2Cc2cc(OC)c(OC)cc2Br)cc1OC. The highest BCUT2D eigenvalue weighted by Gasteiger charge is 2.18. The van der Waals surface area contributed by atoms with Gasteiger partial charge in [-0.3, -0.25) is 0 Å². The van der Waals surface area contributed by atoms with Crippen molar-refractivity contribution in [2.45, 2.75) is 12.8 Å². The maximum absolute atomic E-state index is 5.59. The van der Waals surface area contributed by atoms with Gasteiger partial charge in [-0.2, -0.15) is 0 Å². The van der Waals surface area contributed by atoms with Crippen LogP contribution in [0, 0.1) is 0 Å². The van der Waals surface area contributed by atoms with Gasteiger partial charge in [-0.1, -0.05) is 31.9 Å². The molecule has 3 rings (SSSR count). The average molecular weight is 596 g/mol. The van der Waals surface area contributed by atoms with E-state index in [1.54, 1.807) is 42.7 Å². The fourth-order valence-corrected chi connectivity index (χ4v) is 4.69. The van der Waals surface area contributed by atoms with E-state index in [-0.39, 0.29) is 0 Å². The summed E-state index contributed by atoms with van der Waals surface area (Å²) >= 11 is 7.36. The lowest BCUT2D eigenvalue weighted by Gasteiger charge is -2.18. The maximum atomic E-state index is 5.59. The van der Waals surface area contributed by atoms with Crippen molar-refractivity contribution in [2.24, 2.45) is 0 Å². The van der Waals surface area contributed by atoms with Crippen molar-refractivity contribution in [3.8, 4) is 34.5 Å². The van der Waals surface area contributed by atoms with E-state index in [0.29, 0.717) is 47.3 Å². The molecular weight excluding hydrogens is 568 g/mol. The molecule has 0 heterocycles. The molecule has 0 aromatic heterocycles. The van der Waals surface area contributed by atoms with E-state index in [9.17, 15) is 0 Å². The average Bonchev–Trinajstić information content (AvgIpc) is 2.86. The third-order valence-corrected chi connectivity index (χ3v) is 7.05. The van der Waals surface area contributed by atoms with E-state index in [2.05, 4.69) is 31.9 Å². The summed E-state index contributed by atoms with van der Waals surface area (Å²) in [6.07, 6.45) is 1.28. The molecule has 182 valence electrons. The van der Waals surface area contributed by atoms with Crippen LogP contribution < -0.4 is 28.4 Å². The first-order valence-corrected chi connectivity index (χ1v) is 12.0. The van der Waals surface area contributed by atoms with Crippen LogP contribution in [0.4, 0.5) is 0 Å². The number of benzene rings is 3. The molecule has 3 aromatic rings. The predicted octanol–water partition coefficient (Wildman–Crippen LogP) is 6.44. The van der Waals surface area contributed by atoms with Gasteiger partial charge < -0.3 is 28.4 Å². The van der Waals surface area contributed by atoms with E-state index < -0.39 is 0 Å². The minimum Gasteiger partial charge on any atom is -0.493 e. The van der Waals surface area contributed by atoms with Gasteiger partial charge in [0, 0.05) is 8.95 Å². The topological polar surface area (TPSA) is 55.4 Å². The highest BCUT2D eigenvalue weighted by Crippen LogP contribution is 2.39. The molecule has 0 fully saturated rings. The molecule has 0 aliphatic carbocycles. The Hall–Kier alpha value is -2.58. The second-order valence-electron chi connectivity index (χ2n) is 7.43. The van der Waals surface area contributed by atoms with Crippen LogP contribution in [-0.2, 0) is 12.8 Å². The van der Waals surface area contributed by atoms with Crippen molar-refractivity contribution in [2.75, 3.05) is 42.7 Å². The summed E-state index contributed by atoms with van der Waals surface area (Å²) in [6.45, 7) is 0. The lowest BCUT2D eigenvalue weighted by Crippen LogP contribution is -2.03. The van der Waals surface area contributed by atoms with Gasteiger partial charge in [-0.25, -0.2) is 0 Å². The molecule has 0 saturated heterocycles. The standard InChI is InChI=1S/C26H28Br2O6/c1-29-21-9-15(7-17-11-23(31-3)25(33-5)13-19(17)27)16(10-22(21)30-2)8-18-12-24(32-4)26(34-6)14-20(18)28/h9-14H,7-8H2,1-6H3. The van der Waals surface area contributed by atoms with E-state index >= 15 is 0 Å². The molecule has 3 aromatic carbocycles. The minimum atomic E-state index is 0.640. The molecule has 0 aliphatic heterocycles. The normalized spacial score (nSPS) is 10.6. The van der Waals surface area contributed by atoms with Gasteiger partial charge in [0.05, 0.1) is 42.7 Å². The quantitative estimate of drug-likeness (QED) is 0.269. The Morgan fingerprint density at radius 2 is 0.647 bits per heavy atom. The van der Waals surface area contributed by atoms with E-state index in [1.807, 2.05) is 36.4 Å². The summed E-state index contributed by atoms with van der Waals surface area (Å²) in [5.41, 5.74) is 4.29. The minimum absolute atomic E-state index is 0.640. The van der Waals surface area contributed by atoms with Crippen LogP contribution in [0.2, 0.25) is 0 Å². The van der Waals surface area contributed by atoms with Gasteiger partial charge in [0.25, 0.3) is 0 Å². The molecule has 6 nitrogen and oxygen atoms in total. The number of ether oxygens (including phenoxy) is 6. The lowest BCUT2D eigenvalue weighted by molar-refractivity contribution is 0.353. The van der Waals surface area contributed by atoms with Gasteiger partial charge in [0.2, 0.25) is 0 Å². The maximum Gasteiger partial charge on any atom is 0.161 e. The van der Waals surface area contributed by atoms with E-state index in [4.69, 9.17) is 28.4 Å². The van der Waals surface area contributed by atoms with Crippen LogP contribution in [0.15, 0.2) is 45.3 Å². The number of hydrogen-bond acceptors (Lipinski definition) is 6. The summed E-state index contributed by atoms with van der Waals surface area (Å²) in [4.78, 5) is 0. The molecular formula is C26H28Br2O6. The second kappa shape index (κ2) is 11.7. The van der Waals surface area contributed by atoms with Gasteiger partial charge >= 0.3 is 0 Å². The number of halogens is 2. The van der Waals surface area contributed by atoms with Crippen molar-refractivity contribution in [1.29, 1.82) is 0 Å². The molecule has 34 heavy (non-hydrogen) atoms. The van der Waals surface area contributed by atoms with Crippen LogP contribution >= 0.6 is 31.9 Å². The largest absolute Gasteiger partial charge is 0.493 e. The fourth-order valence-electron chi connectivity index (χ4n) is 3.77. The van der Waals surface area contributed by atoms with Crippen LogP contribution in [0.3, 0.4) is 0 Å². The van der Waals surface area contributed by atoms with Gasteiger partial charge in [0.15, 0.2) is 34.5 Å². The highest BCUT2D eigenvalue weighted by atomic mass is 79.9. The molecule has 0 aliphatic rings. The highest BCUT2D eigenvalue weighted by molar-refractivity contribution is 9.10. The zero-order chi connectivity index (χ0) is 24.8. The molecule has 0 N–H and O–H groups in total. The monoisotopic (exact) mass is 594 g/mol. The molecule has 0 saturated carbocycles. The first-order chi connectivity index (χ1) is 16.4. The summed E-state index contributed by atoms with van der Waals surface area (Å²) < 4.78 is 34.9. The first kappa shape index (κ1) is 26.0. The van der Waals surface area contributed by atoms with Crippen molar-refractivity contribution in [3.05, 3.63) is 67.6 Å². The Bertz CT molecular complexity index is 1070. The predicted molar refractivity (Wildman–Crippen MR) is 140 cm³/mol. The zero-order valence-corrected chi connectivity index (χ0v) is 23.3. The van der Waals surface area contributed by atoms with Crippen molar-refractivity contribution in [3.63, 3.8) is 0 Å². The molecule has 0 bridgehead atoms. The Labute approximate surface area is 217 Å². The first-order valence-electron chi connectivity index (χ1n) is 10.4. The molecule has 8 heteroatoms. The van der Waals surface area contributed by atoms with Crippen LogP contribution in [0.5, 0.6) is 34.5 Å². The summed E-state index contributed by atoms with van der Waals surface area (Å²) in [5, 5.41) is 0. The van der Waals surface area contributed by atoms with Crippen LogP contribution in [0.1, 0.15) is 22.3 Å². The fraction of sp³-hybridized carbons (Fsp3) is 0.308. The smallest absolute Gasteiger partial charge is 0.161 e. The molecule has 0 radical (unpaired) electrons. The van der Waals surface area contributed by atoms with Crippen LogP contribution in [-0.4, -0.2) is 42.7 Å². The summed E-state index contributed by atoms with van der Waals surface area (Å²) in [7, 11) is 9.78. The Balaban J connectivity index is 2.10. The molecule has 0 unspecified atom stereocenters. The summed E-state index contributed by atoms with van der Waals surface area (Å²) in [6, 6.07) is 11.8. The third kappa shape index (κ3) is 5.55. The lowest BCUT2D eigenvalue weighted by atomic mass is 9.94. The molecule has 0 spiro atoms. The Morgan fingerprint density at radius 1 is 0.412 bits per heavy atom. The van der Waals surface area contributed by atoms with Crippen molar-refractivity contribution >= 4 is 31.9 Å². The number of methoxy groups -OCH3 is 6. The third-order valence-electron chi connectivity index (χ3n) is 5.57. The van der Waals surface area contributed by atoms with Gasteiger partial charge in [-0.05, 0) is 71.5 Å². The molecule has 0 amide bonds. The second-order valence-corrected chi connectivity index (χ2v) is 9.14. The van der Waals surface area contributed by atoms with Crippen LogP contribution in [0.25, 0.3) is 0 Å². The van der Waals surface area contributed by atoms with Crippen molar-refractivity contribution in [1.82, 2.24) is 0 Å². The number of hydrogen-bond donors (Lipinski definition) is 0. The van der Waals surface area contributed by atoms with E-state index in [1.165, 1.54) is 0 Å². The van der Waals surface area contributed by atoms with Gasteiger partial charge in [0.1, 0.15) is 0 Å². The summed E-state index contributed by atoms with van der Waals surface area (Å²) in [5.74, 6) is 4.02. The van der Waals surface area contributed by atoms with Crippen molar-refractivity contribution < 1.29 is 28.4 Å². The number of rotatable bonds is 10.